The second-order valence-electron chi connectivity index (χ2n) is 7.93. The predicted molar refractivity (Wildman–Crippen MR) is 102 cm³/mol. The molecule has 164 valence electrons. The number of aromatic nitrogens is 3. The molecule has 1 N–H and O–H groups in total. The first-order chi connectivity index (χ1) is 14.1. The third-order valence-electron chi connectivity index (χ3n) is 5.57. The minimum atomic E-state index is -4.53. The van der Waals surface area contributed by atoms with Crippen LogP contribution in [0.25, 0.3) is 0 Å². The minimum absolute atomic E-state index is 0.00469. The number of alkyl halides is 3. The first-order valence-electron chi connectivity index (χ1n) is 9.71. The van der Waals surface area contributed by atoms with Crippen LogP contribution >= 0.6 is 11.3 Å². The number of nitrogens with one attached hydrogen (secondary N) is 1. The average Bonchev–Trinajstić information content (AvgIpc) is 3.24. The largest absolute Gasteiger partial charge is 0.461 e. The summed E-state index contributed by atoms with van der Waals surface area (Å²) in [6, 6.07) is -0.188. The molecule has 0 radical (unpaired) electrons. The molecule has 2 aromatic heterocycles. The van der Waals surface area contributed by atoms with Gasteiger partial charge in [-0.2, -0.15) is 13.2 Å². The number of aryl methyl sites for hydroxylation is 1. The normalized spacial score (nSPS) is 26.6. The number of thiophene rings is 1. The summed E-state index contributed by atoms with van der Waals surface area (Å²) in [5.74, 6) is -0.608. The van der Waals surface area contributed by atoms with E-state index in [1.54, 1.807) is 17.9 Å². The van der Waals surface area contributed by atoms with Crippen molar-refractivity contribution in [1.82, 2.24) is 20.3 Å². The molecule has 4 heterocycles. The summed E-state index contributed by atoms with van der Waals surface area (Å²) in [6.07, 6.45) is -1.37. The Labute approximate surface area is 175 Å². The summed E-state index contributed by atoms with van der Waals surface area (Å²) in [5, 5.41) is 11.6. The summed E-state index contributed by atoms with van der Waals surface area (Å²) >= 11 is 0.720. The van der Waals surface area contributed by atoms with Gasteiger partial charge in [0.2, 0.25) is 0 Å². The lowest BCUT2D eigenvalue weighted by molar-refractivity contribution is -0.144. The van der Waals surface area contributed by atoms with Crippen LogP contribution in [0.1, 0.15) is 59.3 Å². The Bertz CT molecular complexity index is 957. The second-order valence-corrected chi connectivity index (χ2v) is 8.95. The lowest BCUT2D eigenvalue weighted by atomic mass is 9.78. The summed E-state index contributed by atoms with van der Waals surface area (Å²) in [4.78, 5) is 11.1. The fourth-order valence-electron chi connectivity index (χ4n) is 4.49. The Morgan fingerprint density at radius 3 is 2.87 bits per heavy atom. The molecule has 2 aromatic rings. The highest BCUT2D eigenvalue weighted by Gasteiger charge is 2.50. The van der Waals surface area contributed by atoms with Crippen molar-refractivity contribution < 1.29 is 27.4 Å². The van der Waals surface area contributed by atoms with Crippen LogP contribution in [0.4, 0.5) is 13.2 Å². The third-order valence-corrected chi connectivity index (χ3v) is 7.08. The molecule has 3 unspecified atom stereocenters. The van der Waals surface area contributed by atoms with Crippen LogP contribution in [0.3, 0.4) is 0 Å². The van der Waals surface area contributed by atoms with Crippen molar-refractivity contribution in [2.75, 3.05) is 6.61 Å². The lowest BCUT2D eigenvalue weighted by Crippen LogP contribution is -2.49. The summed E-state index contributed by atoms with van der Waals surface area (Å²) in [6.45, 7) is 3.11. The van der Waals surface area contributed by atoms with Gasteiger partial charge in [0.25, 0.3) is 0 Å². The zero-order valence-corrected chi connectivity index (χ0v) is 17.7. The SMILES string of the molecule is CC(=O)OCc1c(C(F)(F)F)sc2c1CCOC21CC(C)NC(c2cn(C)nn2)C1. The maximum Gasteiger partial charge on any atom is 0.426 e. The number of fused-ring (bicyclic) bond motifs is 2. The van der Waals surface area contributed by atoms with E-state index < -0.39 is 22.6 Å². The summed E-state index contributed by atoms with van der Waals surface area (Å²) < 4.78 is 54.3. The van der Waals surface area contributed by atoms with Gasteiger partial charge in [0.15, 0.2) is 0 Å². The average molecular weight is 444 g/mol. The van der Waals surface area contributed by atoms with E-state index in [9.17, 15) is 18.0 Å². The second kappa shape index (κ2) is 7.61. The van der Waals surface area contributed by atoms with Gasteiger partial charge < -0.3 is 14.8 Å². The van der Waals surface area contributed by atoms with Crippen molar-refractivity contribution in [1.29, 1.82) is 0 Å². The molecule has 0 amide bonds. The van der Waals surface area contributed by atoms with Crippen LogP contribution in [0.5, 0.6) is 0 Å². The van der Waals surface area contributed by atoms with Gasteiger partial charge >= 0.3 is 12.1 Å². The number of piperidine rings is 1. The quantitative estimate of drug-likeness (QED) is 0.733. The Morgan fingerprint density at radius 2 is 2.23 bits per heavy atom. The molecule has 1 fully saturated rings. The van der Waals surface area contributed by atoms with Crippen molar-refractivity contribution >= 4 is 17.3 Å². The fraction of sp³-hybridized carbons (Fsp3) is 0.632. The number of nitrogens with zero attached hydrogens (tertiary/aromatic N) is 3. The molecule has 7 nitrogen and oxygen atoms in total. The third kappa shape index (κ3) is 3.85. The Balaban J connectivity index is 1.77. The van der Waals surface area contributed by atoms with Crippen LogP contribution in [-0.4, -0.2) is 33.6 Å². The van der Waals surface area contributed by atoms with Gasteiger partial charge in [0.1, 0.15) is 17.1 Å². The smallest absolute Gasteiger partial charge is 0.426 e. The van der Waals surface area contributed by atoms with Crippen molar-refractivity contribution in [2.24, 2.45) is 7.05 Å². The number of rotatable bonds is 3. The number of esters is 1. The highest BCUT2D eigenvalue weighted by Crippen LogP contribution is 2.53. The molecular weight excluding hydrogens is 421 g/mol. The van der Waals surface area contributed by atoms with Crippen molar-refractivity contribution in [2.45, 2.75) is 63.6 Å². The molecular formula is C19H23F3N4O3S. The van der Waals surface area contributed by atoms with Crippen molar-refractivity contribution in [3.05, 3.63) is 32.8 Å². The molecule has 1 spiro atoms. The molecule has 0 aromatic carbocycles. The van der Waals surface area contributed by atoms with Crippen molar-refractivity contribution in [3.8, 4) is 0 Å². The molecule has 30 heavy (non-hydrogen) atoms. The molecule has 0 bridgehead atoms. The maximum atomic E-state index is 13.8. The molecule has 2 aliphatic rings. The molecule has 3 atom stereocenters. The van der Waals surface area contributed by atoms with E-state index in [0.29, 0.717) is 36.3 Å². The van der Waals surface area contributed by atoms with E-state index in [-0.39, 0.29) is 24.3 Å². The van der Waals surface area contributed by atoms with Gasteiger partial charge in [0, 0.05) is 43.1 Å². The number of carbonyl (C=O) groups is 1. The van der Waals surface area contributed by atoms with Crippen molar-refractivity contribution in [3.63, 3.8) is 0 Å². The molecule has 11 heteroatoms. The van der Waals surface area contributed by atoms with Crippen LogP contribution in [0.15, 0.2) is 6.20 Å². The van der Waals surface area contributed by atoms with E-state index >= 15 is 0 Å². The molecule has 2 aliphatic heterocycles. The van der Waals surface area contributed by atoms with E-state index in [2.05, 4.69) is 15.6 Å². The number of halogens is 3. The Morgan fingerprint density at radius 1 is 1.47 bits per heavy atom. The van der Waals surface area contributed by atoms with Gasteiger partial charge in [-0.05, 0) is 25.3 Å². The Hall–Kier alpha value is -1.98. The van der Waals surface area contributed by atoms with Crippen LogP contribution in [-0.2, 0) is 46.1 Å². The first-order valence-corrected chi connectivity index (χ1v) is 10.5. The van der Waals surface area contributed by atoms with E-state index in [1.807, 2.05) is 6.92 Å². The summed E-state index contributed by atoms with van der Waals surface area (Å²) in [7, 11) is 1.77. The van der Waals surface area contributed by atoms with Crippen LogP contribution in [0, 0.1) is 0 Å². The monoisotopic (exact) mass is 444 g/mol. The van der Waals surface area contributed by atoms with Gasteiger partial charge in [-0.1, -0.05) is 5.21 Å². The molecule has 4 rings (SSSR count). The Kier molecular flexibility index (Phi) is 5.39. The number of hydrogen-bond acceptors (Lipinski definition) is 7. The topological polar surface area (TPSA) is 78.3 Å². The lowest BCUT2D eigenvalue weighted by Gasteiger charge is -2.45. The number of hydrogen-bond donors (Lipinski definition) is 1. The van der Waals surface area contributed by atoms with Gasteiger partial charge in [-0.15, -0.1) is 16.4 Å². The molecule has 1 saturated heterocycles. The van der Waals surface area contributed by atoms with E-state index in [0.717, 1.165) is 17.0 Å². The van der Waals surface area contributed by atoms with Gasteiger partial charge in [-0.25, -0.2) is 0 Å². The zero-order chi connectivity index (χ0) is 21.7. The number of carbonyl (C=O) groups excluding carboxylic acids is 1. The highest BCUT2D eigenvalue weighted by molar-refractivity contribution is 7.12. The highest BCUT2D eigenvalue weighted by atomic mass is 32.1. The fourth-order valence-corrected chi connectivity index (χ4v) is 5.87. The van der Waals surface area contributed by atoms with Crippen LogP contribution in [0.2, 0.25) is 0 Å². The molecule has 0 saturated carbocycles. The maximum absolute atomic E-state index is 13.8. The predicted octanol–water partition coefficient (Wildman–Crippen LogP) is 3.24. The first kappa shape index (κ1) is 21.3. The summed E-state index contributed by atoms with van der Waals surface area (Å²) in [5.41, 5.74) is 0.542. The van der Waals surface area contributed by atoms with Gasteiger partial charge in [-0.3, -0.25) is 9.48 Å². The number of ether oxygens (including phenoxy) is 2. The standard InChI is InChI=1S/C19H23F3N4O3S/c1-10-6-18(7-14(23-10)15-8-26(3)25-24-15)16-12(4-5-29-18)13(9-28-11(2)27)17(30-16)19(20,21)22/h8,10,14,23H,4-7,9H2,1-3H3. The zero-order valence-electron chi connectivity index (χ0n) is 16.9. The van der Waals surface area contributed by atoms with Gasteiger partial charge in [0.05, 0.1) is 18.3 Å². The van der Waals surface area contributed by atoms with E-state index in [1.165, 1.54) is 6.92 Å². The minimum Gasteiger partial charge on any atom is -0.461 e. The van der Waals surface area contributed by atoms with E-state index in [4.69, 9.17) is 9.47 Å². The van der Waals surface area contributed by atoms with Crippen LogP contribution < -0.4 is 5.32 Å². The molecule has 0 aliphatic carbocycles.